The normalized spacial score (nSPS) is 16.9. The first-order chi connectivity index (χ1) is 9.06. The summed E-state index contributed by atoms with van der Waals surface area (Å²) in [5.74, 6) is 0.912. The molecule has 0 atom stereocenters. The Morgan fingerprint density at radius 2 is 1.84 bits per heavy atom. The van der Waals surface area contributed by atoms with E-state index in [1.165, 1.54) is 3.57 Å². The molecule has 4 heteroatoms. The Morgan fingerprint density at radius 3 is 2.37 bits per heavy atom. The zero-order valence-electron chi connectivity index (χ0n) is 11.6. The van der Waals surface area contributed by atoms with Crippen LogP contribution in [0.4, 0.5) is 0 Å². The molecule has 1 aromatic carbocycles. The van der Waals surface area contributed by atoms with Crippen molar-refractivity contribution in [1.29, 1.82) is 0 Å². The number of benzene rings is 1. The van der Waals surface area contributed by atoms with E-state index in [1.54, 1.807) is 0 Å². The van der Waals surface area contributed by atoms with Crippen LogP contribution in [-0.2, 0) is 0 Å². The molecule has 1 saturated heterocycles. The SMILES string of the molecule is CN(C)CC1CCN(C(=O)c2ccc(I)cc2)CC1. The number of hydrogen-bond donors (Lipinski definition) is 0. The summed E-state index contributed by atoms with van der Waals surface area (Å²) in [6.45, 7) is 2.91. The van der Waals surface area contributed by atoms with Gasteiger partial charge < -0.3 is 9.80 Å². The lowest BCUT2D eigenvalue weighted by molar-refractivity contribution is 0.0678. The number of nitrogens with zero attached hydrogens (tertiary/aromatic N) is 2. The van der Waals surface area contributed by atoms with Crippen LogP contribution in [0.15, 0.2) is 24.3 Å². The summed E-state index contributed by atoms with van der Waals surface area (Å²) in [6.07, 6.45) is 2.24. The van der Waals surface area contributed by atoms with Crippen molar-refractivity contribution in [2.75, 3.05) is 33.7 Å². The van der Waals surface area contributed by atoms with Crippen LogP contribution in [0.2, 0.25) is 0 Å². The molecule has 1 aromatic rings. The van der Waals surface area contributed by atoms with Crippen LogP contribution in [0.5, 0.6) is 0 Å². The summed E-state index contributed by atoms with van der Waals surface area (Å²) in [5.41, 5.74) is 0.812. The number of hydrogen-bond acceptors (Lipinski definition) is 2. The van der Waals surface area contributed by atoms with E-state index < -0.39 is 0 Å². The summed E-state index contributed by atoms with van der Waals surface area (Å²) in [6, 6.07) is 7.84. The number of carbonyl (C=O) groups is 1. The molecule has 0 N–H and O–H groups in total. The summed E-state index contributed by atoms with van der Waals surface area (Å²) in [5, 5.41) is 0. The van der Waals surface area contributed by atoms with Crippen LogP contribution >= 0.6 is 22.6 Å². The molecule has 0 radical (unpaired) electrons. The van der Waals surface area contributed by atoms with Crippen LogP contribution in [0, 0.1) is 9.49 Å². The largest absolute Gasteiger partial charge is 0.339 e. The van der Waals surface area contributed by atoms with E-state index >= 15 is 0 Å². The molecule has 0 unspecified atom stereocenters. The maximum absolute atomic E-state index is 12.4. The first-order valence-electron chi connectivity index (χ1n) is 6.76. The van der Waals surface area contributed by atoms with Gasteiger partial charge in [-0.25, -0.2) is 0 Å². The van der Waals surface area contributed by atoms with E-state index in [4.69, 9.17) is 0 Å². The average molecular weight is 372 g/mol. The van der Waals surface area contributed by atoms with Gasteiger partial charge in [-0.3, -0.25) is 4.79 Å². The van der Waals surface area contributed by atoms with Gasteiger partial charge in [0, 0.05) is 28.8 Å². The molecule has 1 amide bonds. The minimum Gasteiger partial charge on any atom is -0.339 e. The van der Waals surface area contributed by atoms with E-state index in [2.05, 4.69) is 41.6 Å². The molecule has 1 fully saturated rings. The number of carbonyl (C=O) groups excluding carboxylic acids is 1. The van der Waals surface area contributed by atoms with Crippen molar-refractivity contribution in [2.45, 2.75) is 12.8 Å². The van der Waals surface area contributed by atoms with Crippen molar-refractivity contribution in [2.24, 2.45) is 5.92 Å². The lowest BCUT2D eigenvalue weighted by atomic mass is 9.96. The van der Waals surface area contributed by atoms with E-state index in [0.29, 0.717) is 0 Å². The standard InChI is InChI=1S/C15H21IN2O/c1-17(2)11-12-7-9-18(10-8-12)15(19)13-3-5-14(16)6-4-13/h3-6,12H,7-11H2,1-2H3. The molecule has 0 aliphatic carbocycles. The van der Waals surface area contributed by atoms with E-state index in [9.17, 15) is 4.79 Å². The maximum Gasteiger partial charge on any atom is 0.253 e. The number of halogens is 1. The van der Waals surface area contributed by atoms with Crippen molar-refractivity contribution in [1.82, 2.24) is 9.80 Å². The smallest absolute Gasteiger partial charge is 0.253 e. The Bertz CT molecular complexity index is 422. The number of piperidine rings is 1. The summed E-state index contributed by atoms with van der Waals surface area (Å²) >= 11 is 2.26. The molecular weight excluding hydrogens is 351 g/mol. The predicted molar refractivity (Wildman–Crippen MR) is 86.3 cm³/mol. The highest BCUT2D eigenvalue weighted by atomic mass is 127. The lowest BCUT2D eigenvalue weighted by Gasteiger charge is -2.33. The molecule has 0 aromatic heterocycles. The van der Waals surface area contributed by atoms with Crippen molar-refractivity contribution in [3.05, 3.63) is 33.4 Å². The third-order valence-electron chi connectivity index (χ3n) is 3.62. The number of likely N-dealkylation sites (tertiary alicyclic amines) is 1. The van der Waals surface area contributed by atoms with Gasteiger partial charge in [0.2, 0.25) is 0 Å². The highest BCUT2D eigenvalue weighted by Gasteiger charge is 2.23. The highest BCUT2D eigenvalue weighted by Crippen LogP contribution is 2.19. The lowest BCUT2D eigenvalue weighted by Crippen LogP contribution is -2.40. The van der Waals surface area contributed by atoms with E-state index in [1.807, 2.05) is 29.2 Å². The van der Waals surface area contributed by atoms with Gasteiger partial charge in [0.15, 0.2) is 0 Å². The monoisotopic (exact) mass is 372 g/mol. The second kappa shape index (κ2) is 6.70. The van der Waals surface area contributed by atoms with Crippen molar-refractivity contribution < 1.29 is 4.79 Å². The Kier molecular flexibility index (Phi) is 5.21. The van der Waals surface area contributed by atoms with Gasteiger partial charge in [-0.05, 0) is 79.7 Å². The molecular formula is C15H21IN2O. The first kappa shape index (κ1) is 14.8. The topological polar surface area (TPSA) is 23.6 Å². The van der Waals surface area contributed by atoms with Crippen LogP contribution in [0.3, 0.4) is 0 Å². The third kappa shape index (κ3) is 4.18. The molecule has 1 heterocycles. The summed E-state index contributed by atoms with van der Waals surface area (Å²) < 4.78 is 1.17. The maximum atomic E-state index is 12.4. The molecule has 1 aliphatic rings. The van der Waals surface area contributed by atoms with Gasteiger partial charge in [-0.1, -0.05) is 0 Å². The Morgan fingerprint density at radius 1 is 1.26 bits per heavy atom. The van der Waals surface area contributed by atoms with Gasteiger partial charge in [-0.15, -0.1) is 0 Å². The fraction of sp³-hybridized carbons (Fsp3) is 0.533. The first-order valence-corrected chi connectivity index (χ1v) is 7.83. The van der Waals surface area contributed by atoms with Gasteiger partial charge >= 0.3 is 0 Å². The molecule has 19 heavy (non-hydrogen) atoms. The van der Waals surface area contributed by atoms with Crippen LogP contribution in [0.25, 0.3) is 0 Å². The number of amides is 1. The Balaban J connectivity index is 1.90. The zero-order chi connectivity index (χ0) is 13.8. The fourth-order valence-electron chi connectivity index (χ4n) is 2.61. The number of rotatable bonds is 3. The van der Waals surface area contributed by atoms with Crippen LogP contribution < -0.4 is 0 Å². The second-order valence-corrected chi connectivity index (χ2v) is 6.75. The van der Waals surface area contributed by atoms with Crippen LogP contribution in [0.1, 0.15) is 23.2 Å². The fourth-order valence-corrected chi connectivity index (χ4v) is 2.97. The molecule has 0 spiro atoms. The second-order valence-electron chi connectivity index (χ2n) is 5.50. The van der Waals surface area contributed by atoms with Crippen LogP contribution in [-0.4, -0.2) is 49.4 Å². The minimum absolute atomic E-state index is 0.180. The Labute approximate surface area is 129 Å². The molecule has 104 valence electrons. The molecule has 1 aliphatic heterocycles. The van der Waals surface area contributed by atoms with Crippen molar-refractivity contribution in [3.8, 4) is 0 Å². The predicted octanol–water partition coefficient (Wildman–Crippen LogP) is 2.71. The average Bonchev–Trinajstić information content (AvgIpc) is 2.39. The van der Waals surface area contributed by atoms with Crippen molar-refractivity contribution in [3.63, 3.8) is 0 Å². The van der Waals surface area contributed by atoms with E-state index in [-0.39, 0.29) is 5.91 Å². The highest BCUT2D eigenvalue weighted by molar-refractivity contribution is 14.1. The molecule has 3 nitrogen and oxygen atoms in total. The minimum atomic E-state index is 0.180. The van der Waals surface area contributed by atoms with Gasteiger partial charge in [0.25, 0.3) is 5.91 Å². The van der Waals surface area contributed by atoms with E-state index in [0.717, 1.165) is 44.0 Å². The Hall–Kier alpha value is -0.620. The van der Waals surface area contributed by atoms with Gasteiger partial charge in [0.1, 0.15) is 0 Å². The summed E-state index contributed by atoms with van der Waals surface area (Å²) in [4.78, 5) is 16.6. The quantitative estimate of drug-likeness (QED) is 0.762. The van der Waals surface area contributed by atoms with Crippen molar-refractivity contribution >= 4 is 28.5 Å². The zero-order valence-corrected chi connectivity index (χ0v) is 13.8. The molecule has 0 bridgehead atoms. The van der Waals surface area contributed by atoms with Gasteiger partial charge in [0.05, 0.1) is 0 Å². The summed E-state index contributed by atoms with van der Waals surface area (Å²) in [7, 11) is 4.23. The molecule has 0 saturated carbocycles. The third-order valence-corrected chi connectivity index (χ3v) is 4.34. The van der Waals surface area contributed by atoms with Gasteiger partial charge in [-0.2, -0.15) is 0 Å². The molecule has 2 rings (SSSR count).